The van der Waals surface area contributed by atoms with Crippen molar-refractivity contribution in [3.8, 4) is 0 Å². The van der Waals surface area contributed by atoms with Crippen LogP contribution >= 0.6 is 0 Å². The van der Waals surface area contributed by atoms with Crippen LogP contribution < -0.4 is 5.32 Å². The van der Waals surface area contributed by atoms with E-state index in [9.17, 15) is 0 Å². The second-order valence-corrected chi connectivity index (χ2v) is 6.14. The molecule has 1 unspecified atom stereocenters. The molecule has 0 saturated carbocycles. The molecule has 1 heterocycles. The Morgan fingerprint density at radius 2 is 1.88 bits per heavy atom. The van der Waals surface area contributed by atoms with Crippen LogP contribution in [0.25, 0.3) is 0 Å². The maximum atomic E-state index is 3.51. The van der Waals surface area contributed by atoms with Crippen molar-refractivity contribution in [1.82, 2.24) is 5.32 Å². The number of hydrogen-bond donors (Lipinski definition) is 1. The molecule has 1 aliphatic rings. The van der Waals surface area contributed by atoms with Crippen molar-refractivity contribution in [3.05, 3.63) is 35.4 Å². The SMILES string of the molecule is CC(C)Cc1ccc(C2NCC2(C)C)cc1. The topological polar surface area (TPSA) is 12.0 Å². The van der Waals surface area contributed by atoms with Gasteiger partial charge in [-0.2, -0.15) is 0 Å². The highest BCUT2D eigenvalue weighted by molar-refractivity contribution is 5.28. The van der Waals surface area contributed by atoms with Gasteiger partial charge < -0.3 is 5.32 Å². The average molecular weight is 217 g/mol. The molecule has 0 radical (unpaired) electrons. The van der Waals surface area contributed by atoms with Gasteiger partial charge in [-0.15, -0.1) is 0 Å². The summed E-state index contributed by atoms with van der Waals surface area (Å²) in [5, 5.41) is 3.51. The standard InChI is InChI=1S/C15H23N/c1-11(2)9-12-5-7-13(8-6-12)14-15(3,4)10-16-14/h5-8,11,14,16H,9-10H2,1-4H3. The summed E-state index contributed by atoms with van der Waals surface area (Å²) in [6.07, 6.45) is 1.18. The summed E-state index contributed by atoms with van der Waals surface area (Å²) < 4.78 is 0. The van der Waals surface area contributed by atoms with E-state index in [1.165, 1.54) is 17.5 Å². The molecule has 1 aromatic carbocycles. The van der Waals surface area contributed by atoms with Crippen LogP contribution in [-0.4, -0.2) is 6.54 Å². The molecule has 1 aromatic rings. The van der Waals surface area contributed by atoms with E-state index in [2.05, 4.69) is 57.3 Å². The second kappa shape index (κ2) is 4.21. The Hall–Kier alpha value is -0.820. The molecule has 0 spiro atoms. The molecule has 0 aromatic heterocycles. The largest absolute Gasteiger partial charge is 0.309 e. The first kappa shape index (κ1) is 11.7. The highest BCUT2D eigenvalue weighted by Gasteiger charge is 2.38. The summed E-state index contributed by atoms with van der Waals surface area (Å²) in [7, 11) is 0. The summed E-state index contributed by atoms with van der Waals surface area (Å²) in [6.45, 7) is 10.3. The fourth-order valence-corrected chi connectivity index (χ4v) is 2.50. The summed E-state index contributed by atoms with van der Waals surface area (Å²) in [5.74, 6) is 0.740. The van der Waals surface area contributed by atoms with Crippen molar-refractivity contribution < 1.29 is 0 Å². The summed E-state index contributed by atoms with van der Waals surface area (Å²) in [5.41, 5.74) is 3.30. The molecule has 88 valence electrons. The van der Waals surface area contributed by atoms with Gasteiger partial charge in [0.05, 0.1) is 0 Å². The molecular weight excluding hydrogens is 194 g/mol. The van der Waals surface area contributed by atoms with E-state index in [0.29, 0.717) is 11.5 Å². The molecule has 1 nitrogen and oxygen atoms in total. The van der Waals surface area contributed by atoms with Crippen molar-refractivity contribution in [2.75, 3.05) is 6.54 Å². The van der Waals surface area contributed by atoms with Crippen LogP contribution in [-0.2, 0) is 6.42 Å². The van der Waals surface area contributed by atoms with Crippen LogP contribution in [0.5, 0.6) is 0 Å². The van der Waals surface area contributed by atoms with E-state index < -0.39 is 0 Å². The Balaban J connectivity index is 2.08. The minimum Gasteiger partial charge on any atom is -0.309 e. The van der Waals surface area contributed by atoms with Gasteiger partial charge in [-0.05, 0) is 28.9 Å². The van der Waals surface area contributed by atoms with Crippen molar-refractivity contribution in [1.29, 1.82) is 0 Å². The molecule has 1 aliphatic heterocycles. The fraction of sp³-hybridized carbons (Fsp3) is 0.600. The third-order valence-corrected chi connectivity index (χ3v) is 3.50. The first-order valence-corrected chi connectivity index (χ1v) is 6.31. The predicted molar refractivity (Wildman–Crippen MR) is 69.5 cm³/mol. The number of nitrogens with one attached hydrogen (secondary N) is 1. The molecule has 2 rings (SSSR count). The maximum absolute atomic E-state index is 3.51. The molecule has 0 aliphatic carbocycles. The van der Waals surface area contributed by atoms with Crippen LogP contribution in [0.3, 0.4) is 0 Å². The summed E-state index contributed by atoms with van der Waals surface area (Å²) in [4.78, 5) is 0. The normalized spacial score (nSPS) is 23.2. The Kier molecular flexibility index (Phi) is 3.07. The van der Waals surface area contributed by atoms with Crippen LogP contribution in [0.2, 0.25) is 0 Å². The quantitative estimate of drug-likeness (QED) is 0.816. The fourth-order valence-electron chi connectivity index (χ4n) is 2.50. The maximum Gasteiger partial charge on any atom is 0.0384 e. The average Bonchev–Trinajstić information content (AvgIpc) is 2.19. The predicted octanol–water partition coefficient (Wildman–Crippen LogP) is 3.56. The Labute approximate surface area is 99.3 Å². The lowest BCUT2D eigenvalue weighted by Gasteiger charge is -2.46. The van der Waals surface area contributed by atoms with Crippen molar-refractivity contribution in [2.45, 2.75) is 40.2 Å². The molecule has 16 heavy (non-hydrogen) atoms. The lowest BCUT2D eigenvalue weighted by atomic mass is 9.74. The van der Waals surface area contributed by atoms with Crippen molar-refractivity contribution >= 4 is 0 Å². The number of hydrogen-bond acceptors (Lipinski definition) is 1. The first-order valence-electron chi connectivity index (χ1n) is 6.31. The smallest absolute Gasteiger partial charge is 0.0384 e. The Morgan fingerprint density at radius 1 is 1.25 bits per heavy atom. The van der Waals surface area contributed by atoms with E-state index >= 15 is 0 Å². The third kappa shape index (κ3) is 2.30. The van der Waals surface area contributed by atoms with Gasteiger partial charge in [0.15, 0.2) is 0 Å². The minimum atomic E-state index is 0.416. The lowest BCUT2D eigenvalue weighted by Crippen LogP contribution is -2.52. The van der Waals surface area contributed by atoms with Crippen molar-refractivity contribution in [3.63, 3.8) is 0 Å². The number of rotatable bonds is 3. The molecule has 1 N–H and O–H groups in total. The molecule has 1 heteroatoms. The van der Waals surface area contributed by atoms with Gasteiger partial charge in [-0.3, -0.25) is 0 Å². The highest BCUT2D eigenvalue weighted by Crippen LogP contribution is 2.40. The molecule has 1 fully saturated rings. The monoisotopic (exact) mass is 217 g/mol. The molecule has 1 atom stereocenters. The minimum absolute atomic E-state index is 0.416. The van der Waals surface area contributed by atoms with Crippen molar-refractivity contribution in [2.24, 2.45) is 11.3 Å². The van der Waals surface area contributed by atoms with Gasteiger partial charge in [0.25, 0.3) is 0 Å². The summed E-state index contributed by atoms with van der Waals surface area (Å²) >= 11 is 0. The zero-order valence-corrected chi connectivity index (χ0v) is 10.9. The van der Waals surface area contributed by atoms with Gasteiger partial charge in [0.2, 0.25) is 0 Å². The molecular formula is C15H23N. The highest BCUT2D eigenvalue weighted by atomic mass is 15.0. The van der Waals surface area contributed by atoms with E-state index in [0.717, 1.165) is 12.5 Å². The molecule has 0 bridgehead atoms. The molecule has 1 saturated heterocycles. The van der Waals surface area contributed by atoms with Gasteiger partial charge >= 0.3 is 0 Å². The van der Waals surface area contributed by atoms with Gasteiger partial charge in [-0.25, -0.2) is 0 Å². The lowest BCUT2D eigenvalue weighted by molar-refractivity contribution is 0.128. The first-order chi connectivity index (χ1) is 7.49. The molecule has 0 amide bonds. The van der Waals surface area contributed by atoms with Gasteiger partial charge in [-0.1, -0.05) is 52.0 Å². The van der Waals surface area contributed by atoms with Crippen LogP contribution in [0, 0.1) is 11.3 Å². The van der Waals surface area contributed by atoms with Crippen LogP contribution in [0.4, 0.5) is 0 Å². The van der Waals surface area contributed by atoms with Gasteiger partial charge in [0, 0.05) is 12.6 Å². The zero-order valence-electron chi connectivity index (χ0n) is 10.9. The second-order valence-electron chi connectivity index (χ2n) is 6.14. The van der Waals surface area contributed by atoms with Gasteiger partial charge in [0.1, 0.15) is 0 Å². The zero-order chi connectivity index (χ0) is 11.8. The van der Waals surface area contributed by atoms with E-state index in [1.54, 1.807) is 0 Å². The Morgan fingerprint density at radius 3 is 2.25 bits per heavy atom. The number of benzene rings is 1. The Bertz CT molecular complexity index is 348. The van der Waals surface area contributed by atoms with E-state index in [4.69, 9.17) is 0 Å². The third-order valence-electron chi connectivity index (χ3n) is 3.50. The van der Waals surface area contributed by atoms with E-state index in [1.807, 2.05) is 0 Å². The van der Waals surface area contributed by atoms with E-state index in [-0.39, 0.29) is 0 Å². The van der Waals surface area contributed by atoms with Crippen LogP contribution in [0.1, 0.15) is 44.9 Å². The van der Waals surface area contributed by atoms with Crippen LogP contribution in [0.15, 0.2) is 24.3 Å². The summed E-state index contributed by atoms with van der Waals surface area (Å²) in [6, 6.07) is 9.68.